The summed E-state index contributed by atoms with van der Waals surface area (Å²) >= 11 is 0. The zero-order valence-corrected chi connectivity index (χ0v) is 8.34. The normalized spacial score (nSPS) is 32.5. The van der Waals surface area contributed by atoms with Gasteiger partial charge in [0.15, 0.2) is 0 Å². The van der Waals surface area contributed by atoms with Crippen molar-refractivity contribution in [2.75, 3.05) is 26.3 Å². The second-order valence-electron chi connectivity index (χ2n) is 4.03. The van der Waals surface area contributed by atoms with Gasteiger partial charge >= 0.3 is 0 Å². The van der Waals surface area contributed by atoms with E-state index in [4.69, 9.17) is 9.47 Å². The SMILES string of the molecule is CCOC1COC2(CCNCC2)C1. The van der Waals surface area contributed by atoms with Crippen molar-refractivity contribution in [3.05, 3.63) is 0 Å². The quantitative estimate of drug-likeness (QED) is 0.694. The number of ether oxygens (including phenoxy) is 2. The maximum absolute atomic E-state index is 5.88. The average molecular weight is 185 g/mol. The molecule has 0 saturated carbocycles. The van der Waals surface area contributed by atoms with Gasteiger partial charge in [0, 0.05) is 13.0 Å². The predicted octanol–water partition coefficient (Wildman–Crippen LogP) is 0.934. The summed E-state index contributed by atoms with van der Waals surface area (Å²) in [6, 6.07) is 0. The van der Waals surface area contributed by atoms with Crippen molar-refractivity contribution < 1.29 is 9.47 Å². The Labute approximate surface area is 79.8 Å². The molecule has 1 atom stereocenters. The zero-order chi connectivity index (χ0) is 9.15. The lowest BCUT2D eigenvalue weighted by Crippen LogP contribution is -2.41. The molecule has 2 saturated heterocycles. The van der Waals surface area contributed by atoms with E-state index in [0.717, 1.165) is 45.6 Å². The van der Waals surface area contributed by atoms with Crippen LogP contribution in [0.4, 0.5) is 0 Å². The Morgan fingerprint density at radius 1 is 1.46 bits per heavy atom. The van der Waals surface area contributed by atoms with Gasteiger partial charge in [0.05, 0.1) is 18.3 Å². The van der Waals surface area contributed by atoms with Gasteiger partial charge in [-0.3, -0.25) is 0 Å². The minimum atomic E-state index is 0.158. The van der Waals surface area contributed by atoms with Gasteiger partial charge in [0.25, 0.3) is 0 Å². The number of rotatable bonds is 2. The van der Waals surface area contributed by atoms with E-state index in [9.17, 15) is 0 Å². The lowest BCUT2D eigenvalue weighted by atomic mass is 9.89. The van der Waals surface area contributed by atoms with Crippen molar-refractivity contribution >= 4 is 0 Å². The molecule has 1 N–H and O–H groups in total. The molecule has 2 rings (SSSR count). The third kappa shape index (κ3) is 2.03. The van der Waals surface area contributed by atoms with Crippen LogP contribution >= 0.6 is 0 Å². The van der Waals surface area contributed by atoms with Gasteiger partial charge in [0.1, 0.15) is 0 Å². The van der Waals surface area contributed by atoms with Crippen molar-refractivity contribution in [2.24, 2.45) is 0 Å². The molecule has 0 bridgehead atoms. The van der Waals surface area contributed by atoms with Crippen molar-refractivity contribution in [3.63, 3.8) is 0 Å². The predicted molar refractivity (Wildman–Crippen MR) is 50.8 cm³/mol. The monoisotopic (exact) mass is 185 g/mol. The maximum atomic E-state index is 5.88. The Morgan fingerprint density at radius 2 is 2.23 bits per heavy atom. The number of hydrogen-bond acceptors (Lipinski definition) is 3. The highest BCUT2D eigenvalue weighted by Crippen LogP contribution is 2.34. The lowest BCUT2D eigenvalue weighted by Gasteiger charge is -2.32. The maximum Gasteiger partial charge on any atom is 0.0836 e. The summed E-state index contributed by atoms with van der Waals surface area (Å²) in [4.78, 5) is 0. The van der Waals surface area contributed by atoms with Crippen molar-refractivity contribution in [1.29, 1.82) is 0 Å². The second kappa shape index (κ2) is 3.95. The number of piperidine rings is 1. The van der Waals surface area contributed by atoms with Crippen LogP contribution in [0.2, 0.25) is 0 Å². The van der Waals surface area contributed by atoms with E-state index in [0.29, 0.717) is 6.10 Å². The van der Waals surface area contributed by atoms with Crippen LogP contribution in [-0.2, 0) is 9.47 Å². The fourth-order valence-corrected chi connectivity index (χ4v) is 2.38. The molecule has 0 radical (unpaired) electrons. The van der Waals surface area contributed by atoms with Crippen LogP contribution in [-0.4, -0.2) is 38.0 Å². The first-order chi connectivity index (χ1) is 6.35. The lowest BCUT2D eigenvalue weighted by molar-refractivity contribution is -0.0229. The average Bonchev–Trinajstić information content (AvgIpc) is 2.51. The first-order valence-electron chi connectivity index (χ1n) is 5.31. The first kappa shape index (κ1) is 9.44. The van der Waals surface area contributed by atoms with Crippen LogP contribution < -0.4 is 5.32 Å². The molecule has 3 nitrogen and oxygen atoms in total. The molecule has 13 heavy (non-hydrogen) atoms. The number of nitrogens with one attached hydrogen (secondary N) is 1. The van der Waals surface area contributed by atoms with Gasteiger partial charge in [-0.05, 0) is 32.9 Å². The molecule has 3 heteroatoms. The third-order valence-corrected chi connectivity index (χ3v) is 3.09. The van der Waals surface area contributed by atoms with Crippen LogP contribution in [0, 0.1) is 0 Å². The van der Waals surface area contributed by atoms with E-state index < -0.39 is 0 Å². The van der Waals surface area contributed by atoms with Gasteiger partial charge < -0.3 is 14.8 Å². The van der Waals surface area contributed by atoms with Crippen LogP contribution in [0.1, 0.15) is 26.2 Å². The summed E-state index contributed by atoms with van der Waals surface area (Å²) in [5, 5.41) is 3.36. The third-order valence-electron chi connectivity index (χ3n) is 3.09. The topological polar surface area (TPSA) is 30.5 Å². The molecule has 2 fully saturated rings. The molecular weight excluding hydrogens is 166 g/mol. The fraction of sp³-hybridized carbons (Fsp3) is 1.00. The van der Waals surface area contributed by atoms with Crippen LogP contribution in [0.5, 0.6) is 0 Å². The van der Waals surface area contributed by atoms with E-state index in [1.165, 1.54) is 0 Å². The summed E-state index contributed by atoms with van der Waals surface area (Å²) in [7, 11) is 0. The summed E-state index contributed by atoms with van der Waals surface area (Å²) in [5.74, 6) is 0. The Morgan fingerprint density at radius 3 is 2.92 bits per heavy atom. The molecule has 0 aromatic rings. The van der Waals surface area contributed by atoms with Gasteiger partial charge in [0.2, 0.25) is 0 Å². The molecule has 1 unspecified atom stereocenters. The Kier molecular flexibility index (Phi) is 2.86. The Balaban J connectivity index is 1.87. The molecule has 2 heterocycles. The largest absolute Gasteiger partial charge is 0.376 e. The standard InChI is InChI=1S/C10H19NO2/c1-2-12-9-7-10(13-8-9)3-5-11-6-4-10/h9,11H,2-8H2,1H3. The summed E-state index contributed by atoms with van der Waals surface area (Å²) in [6.45, 7) is 5.85. The van der Waals surface area contributed by atoms with E-state index in [1.807, 2.05) is 6.92 Å². The van der Waals surface area contributed by atoms with Crippen LogP contribution in [0.3, 0.4) is 0 Å². The molecule has 0 aromatic heterocycles. The van der Waals surface area contributed by atoms with Crippen LogP contribution in [0.25, 0.3) is 0 Å². The second-order valence-corrected chi connectivity index (χ2v) is 4.03. The minimum Gasteiger partial charge on any atom is -0.376 e. The zero-order valence-electron chi connectivity index (χ0n) is 8.34. The molecule has 2 aliphatic rings. The molecule has 2 aliphatic heterocycles. The number of hydrogen-bond donors (Lipinski definition) is 1. The molecular formula is C10H19NO2. The van der Waals surface area contributed by atoms with Crippen molar-refractivity contribution in [2.45, 2.75) is 37.9 Å². The molecule has 0 aliphatic carbocycles. The Bertz CT molecular complexity index is 166. The van der Waals surface area contributed by atoms with E-state index in [1.54, 1.807) is 0 Å². The van der Waals surface area contributed by atoms with E-state index in [2.05, 4.69) is 5.32 Å². The van der Waals surface area contributed by atoms with E-state index in [-0.39, 0.29) is 5.60 Å². The van der Waals surface area contributed by atoms with Crippen LogP contribution in [0.15, 0.2) is 0 Å². The summed E-state index contributed by atoms with van der Waals surface area (Å²) in [5.41, 5.74) is 0.158. The molecule has 0 amide bonds. The molecule has 76 valence electrons. The van der Waals surface area contributed by atoms with Gasteiger partial charge in [-0.15, -0.1) is 0 Å². The molecule has 0 aromatic carbocycles. The molecule has 1 spiro atoms. The van der Waals surface area contributed by atoms with Gasteiger partial charge in [-0.1, -0.05) is 0 Å². The highest BCUT2D eigenvalue weighted by molar-refractivity contribution is 4.93. The smallest absolute Gasteiger partial charge is 0.0836 e. The van der Waals surface area contributed by atoms with Gasteiger partial charge in [-0.25, -0.2) is 0 Å². The van der Waals surface area contributed by atoms with Crippen molar-refractivity contribution in [1.82, 2.24) is 5.32 Å². The highest BCUT2D eigenvalue weighted by Gasteiger charge is 2.41. The highest BCUT2D eigenvalue weighted by atomic mass is 16.6. The van der Waals surface area contributed by atoms with Crippen molar-refractivity contribution in [3.8, 4) is 0 Å². The van der Waals surface area contributed by atoms with E-state index >= 15 is 0 Å². The summed E-state index contributed by atoms with van der Waals surface area (Å²) in [6.07, 6.45) is 3.75. The fourth-order valence-electron chi connectivity index (χ4n) is 2.38. The Hall–Kier alpha value is -0.120. The minimum absolute atomic E-state index is 0.158. The summed E-state index contributed by atoms with van der Waals surface area (Å²) < 4.78 is 11.5. The first-order valence-corrected chi connectivity index (χ1v) is 5.31. The van der Waals surface area contributed by atoms with Gasteiger partial charge in [-0.2, -0.15) is 0 Å².